The van der Waals surface area contributed by atoms with Gasteiger partial charge in [0.2, 0.25) is 5.91 Å². The molecule has 2 aromatic rings. The van der Waals surface area contributed by atoms with Gasteiger partial charge in [0.15, 0.2) is 0 Å². The van der Waals surface area contributed by atoms with Gasteiger partial charge in [0.05, 0.1) is 24.2 Å². The number of ether oxygens (including phenoxy) is 1. The summed E-state index contributed by atoms with van der Waals surface area (Å²) in [6.45, 7) is 3.97. The predicted molar refractivity (Wildman–Crippen MR) is 126 cm³/mol. The first-order chi connectivity index (χ1) is 15.9. The maximum absolute atomic E-state index is 13.4. The van der Waals surface area contributed by atoms with Crippen LogP contribution in [0.4, 0.5) is 0 Å². The number of hydrogen-bond donors (Lipinski definition) is 2. The number of amides is 1. The Hall–Kier alpha value is -2.12. The van der Waals surface area contributed by atoms with Crippen LogP contribution in [-0.4, -0.2) is 64.7 Å². The number of benzene rings is 2. The molecule has 7 heteroatoms. The molecule has 2 saturated heterocycles. The van der Waals surface area contributed by atoms with E-state index >= 15 is 0 Å². The van der Waals surface area contributed by atoms with Crippen molar-refractivity contribution in [3.63, 3.8) is 0 Å². The Bertz CT molecular complexity index is 1020. The molecule has 3 aliphatic rings. The van der Waals surface area contributed by atoms with E-state index in [4.69, 9.17) is 16.3 Å². The van der Waals surface area contributed by atoms with E-state index in [1.165, 1.54) is 11.1 Å². The molecule has 2 fully saturated rings. The van der Waals surface area contributed by atoms with Gasteiger partial charge in [-0.05, 0) is 60.6 Å². The van der Waals surface area contributed by atoms with Gasteiger partial charge in [-0.15, -0.1) is 0 Å². The second-order valence-corrected chi connectivity index (χ2v) is 10.1. The van der Waals surface area contributed by atoms with Crippen LogP contribution >= 0.6 is 11.6 Å². The van der Waals surface area contributed by atoms with Crippen LogP contribution in [0.2, 0.25) is 5.02 Å². The van der Waals surface area contributed by atoms with Gasteiger partial charge >= 0.3 is 0 Å². The van der Waals surface area contributed by atoms with E-state index < -0.39 is 6.10 Å². The number of aromatic hydroxyl groups is 1. The quantitative estimate of drug-likeness (QED) is 0.701. The largest absolute Gasteiger partial charge is 0.508 e. The van der Waals surface area contributed by atoms with Crippen LogP contribution in [0.25, 0.3) is 0 Å². The first kappa shape index (κ1) is 22.7. The van der Waals surface area contributed by atoms with E-state index in [9.17, 15) is 15.0 Å². The van der Waals surface area contributed by atoms with Crippen molar-refractivity contribution in [2.24, 2.45) is 5.92 Å². The third-order valence-corrected chi connectivity index (χ3v) is 7.84. The Morgan fingerprint density at radius 3 is 2.73 bits per heavy atom. The zero-order chi connectivity index (χ0) is 23.0. The molecular formula is C26H31ClN2O4. The van der Waals surface area contributed by atoms with Gasteiger partial charge < -0.3 is 24.7 Å². The summed E-state index contributed by atoms with van der Waals surface area (Å²) in [5.74, 6) is -0.0942. The fraction of sp³-hybridized carbons (Fsp3) is 0.500. The fourth-order valence-corrected chi connectivity index (χ4v) is 5.81. The summed E-state index contributed by atoms with van der Waals surface area (Å²) in [6.07, 6.45) is 2.43. The summed E-state index contributed by atoms with van der Waals surface area (Å²) < 4.78 is 6.30. The molecule has 5 rings (SSSR count). The molecule has 3 heterocycles. The normalized spacial score (nSPS) is 23.1. The summed E-state index contributed by atoms with van der Waals surface area (Å²) >= 11 is 6.39. The van der Waals surface area contributed by atoms with Crippen molar-refractivity contribution < 1.29 is 19.7 Å². The van der Waals surface area contributed by atoms with E-state index in [1.807, 2.05) is 0 Å². The summed E-state index contributed by atoms with van der Waals surface area (Å²) in [5.41, 5.74) is 3.16. The van der Waals surface area contributed by atoms with Crippen LogP contribution in [0.3, 0.4) is 0 Å². The topological polar surface area (TPSA) is 73.2 Å². The average Bonchev–Trinajstić information content (AvgIpc) is 3.41. The second kappa shape index (κ2) is 9.26. The molecule has 6 nitrogen and oxygen atoms in total. The molecule has 1 unspecified atom stereocenters. The number of aliphatic hydroxyl groups is 1. The highest BCUT2D eigenvalue weighted by atomic mass is 35.5. The van der Waals surface area contributed by atoms with E-state index in [2.05, 4.69) is 29.2 Å². The molecule has 0 radical (unpaired) electrons. The molecule has 2 N–H and O–H groups in total. The summed E-state index contributed by atoms with van der Waals surface area (Å²) in [5, 5.41) is 20.4. The number of fused-ring (bicyclic) bond motifs is 2. The number of β-amino-alcohol motifs (C(OH)–C–C–N with tert-alkyl or cyclic N) is 1. The van der Waals surface area contributed by atoms with Crippen molar-refractivity contribution in [1.82, 2.24) is 9.80 Å². The Morgan fingerprint density at radius 1 is 1.18 bits per heavy atom. The molecule has 0 bridgehead atoms. The lowest BCUT2D eigenvalue weighted by Crippen LogP contribution is -2.47. The number of carbonyl (C=O) groups is 1. The van der Waals surface area contributed by atoms with Crippen LogP contribution in [0.1, 0.15) is 36.0 Å². The van der Waals surface area contributed by atoms with E-state index in [-0.39, 0.29) is 23.2 Å². The van der Waals surface area contributed by atoms with E-state index in [0.29, 0.717) is 44.1 Å². The molecule has 176 valence electrons. The third kappa shape index (κ3) is 4.62. The minimum absolute atomic E-state index is 0.0497. The third-order valence-electron chi connectivity index (χ3n) is 7.47. The molecule has 1 spiro atoms. The Labute approximate surface area is 199 Å². The lowest BCUT2D eigenvalue weighted by Gasteiger charge is -2.40. The van der Waals surface area contributed by atoms with E-state index in [0.717, 1.165) is 31.5 Å². The van der Waals surface area contributed by atoms with Gasteiger partial charge in [0.1, 0.15) is 5.75 Å². The van der Waals surface area contributed by atoms with Crippen LogP contribution in [0.5, 0.6) is 5.75 Å². The fourth-order valence-electron chi connectivity index (χ4n) is 5.62. The molecular weight excluding hydrogens is 440 g/mol. The summed E-state index contributed by atoms with van der Waals surface area (Å²) in [6, 6.07) is 13.4. The summed E-state index contributed by atoms with van der Waals surface area (Å²) in [4.78, 5) is 17.6. The average molecular weight is 471 g/mol. The zero-order valence-corrected chi connectivity index (χ0v) is 19.5. The standard InChI is InChI=1S/C26H31ClN2O4/c27-24-6-5-21(30)14-19(24)13-20(25(32)29-10-7-22(31)16-29)15-28-11-8-26(9-12-28)23-4-2-1-3-18(23)17-33-26/h1-6,14,20,22,30-31H,7-13,15-17H2/t20?,22-/m0/s1. The minimum atomic E-state index is -0.451. The molecule has 1 amide bonds. The lowest BCUT2D eigenvalue weighted by molar-refractivity contribution is -0.136. The minimum Gasteiger partial charge on any atom is -0.508 e. The number of hydrogen-bond acceptors (Lipinski definition) is 5. The van der Waals surface area contributed by atoms with Crippen LogP contribution in [0, 0.1) is 5.92 Å². The van der Waals surface area contributed by atoms with Gasteiger partial charge in [-0.2, -0.15) is 0 Å². The number of carbonyl (C=O) groups excluding carboxylic acids is 1. The second-order valence-electron chi connectivity index (χ2n) is 9.64. The number of rotatable bonds is 5. The number of aliphatic hydroxyl groups excluding tert-OH is 1. The molecule has 33 heavy (non-hydrogen) atoms. The van der Waals surface area contributed by atoms with Crippen molar-refractivity contribution >= 4 is 17.5 Å². The SMILES string of the molecule is O=C(C(Cc1cc(O)ccc1Cl)CN1CCC2(CC1)OCc1ccccc12)N1CC[C@H](O)C1. The maximum Gasteiger partial charge on any atom is 0.227 e. The number of phenols is 1. The molecule has 0 aliphatic carbocycles. The highest BCUT2D eigenvalue weighted by molar-refractivity contribution is 6.31. The van der Waals surface area contributed by atoms with Crippen molar-refractivity contribution in [3.8, 4) is 5.75 Å². The number of phenolic OH excluding ortho intramolecular Hbond substituents is 1. The van der Waals surface area contributed by atoms with Crippen molar-refractivity contribution in [1.29, 1.82) is 0 Å². The van der Waals surface area contributed by atoms with Gasteiger partial charge in [-0.3, -0.25) is 4.79 Å². The number of halogens is 1. The molecule has 2 atom stereocenters. The smallest absolute Gasteiger partial charge is 0.227 e. The lowest BCUT2D eigenvalue weighted by atomic mass is 9.83. The van der Waals surface area contributed by atoms with Gasteiger partial charge in [-0.25, -0.2) is 0 Å². The van der Waals surface area contributed by atoms with Crippen LogP contribution in [0.15, 0.2) is 42.5 Å². The highest BCUT2D eigenvalue weighted by Crippen LogP contribution is 2.44. The Kier molecular flexibility index (Phi) is 6.36. The number of likely N-dealkylation sites (tertiary alicyclic amines) is 2. The first-order valence-corrected chi connectivity index (χ1v) is 12.2. The Morgan fingerprint density at radius 2 is 1.97 bits per heavy atom. The van der Waals surface area contributed by atoms with Gasteiger partial charge in [-0.1, -0.05) is 35.9 Å². The molecule has 3 aliphatic heterocycles. The monoisotopic (exact) mass is 470 g/mol. The molecule has 0 aromatic heterocycles. The Balaban J connectivity index is 1.30. The van der Waals surface area contributed by atoms with Gasteiger partial charge in [0, 0.05) is 37.7 Å². The molecule has 2 aromatic carbocycles. The maximum atomic E-state index is 13.4. The van der Waals surface area contributed by atoms with Crippen LogP contribution in [-0.2, 0) is 28.2 Å². The van der Waals surface area contributed by atoms with Crippen molar-refractivity contribution in [2.45, 2.75) is 44.0 Å². The highest BCUT2D eigenvalue weighted by Gasteiger charge is 2.43. The first-order valence-electron chi connectivity index (χ1n) is 11.8. The summed E-state index contributed by atoms with van der Waals surface area (Å²) in [7, 11) is 0. The van der Waals surface area contributed by atoms with Crippen molar-refractivity contribution in [2.75, 3.05) is 32.7 Å². The predicted octanol–water partition coefficient (Wildman–Crippen LogP) is 3.32. The number of piperidine rings is 1. The number of nitrogens with zero attached hydrogens (tertiary/aromatic N) is 2. The van der Waals surface area contributed by atoms with Crippen LogP contribution < -0.4 is 0 Å². The van der Waals surface area contributed by atoms with Gasteiger partial charge in [0.25, 0.3) is 0 Å². The zero-order valence-electron chi connectivity index (χ0n) is 18.8. The van der Waals surface area contributed by atoms with Crippen molar-refractivity contribution in [3.05, 3.63) is 64.2 Å². The van der Waals surface area contributed by atoms with E-state index in [1.54, 1.807) is 23.1 Å². The molecule has 0 saturated carbocycles.